The Kier molecular flexibility index (Phi) is 11.4. The highest BCUT2D eigenvalue weighted by Gasteiger charge is 2.44. The summed E-state index contributed by atoms with van der Waals surface area (Å²) in [5.74, 6) is 5.33. The van der Waals surface area contributed by atoms with Gasteiger partial charge in [-0.05, 0) is 80.2 Å². The van der Waals surface area contributed by atoms with Crippen LogP contribution < -0.4 is 0 Å². The molecule has 0 saturated carbocycles. The summed E-state index contributed by atoms with van der Waals surface area (Å²) in [5.41, 5.74) is 0. The fourth-order valence-electron chi connectivity index (χ4n) is 4.11. The summed E-state index contributed by atoms with van der Waals surface area (Å²) in [5, 5.41) is 0.278. The third-order valence-corrected chi connectivity index (χ3v) is 18.2. The van der Waals surface area contributed by atoms with Crippen LogP contribution in [0.4, 0.5) is 0 Å². The first-order valence-electron chi connectivity index (χ1n) is 12.2. The van der Waals surface area contributed by atoms with Gasteiger partial charge in [-0.2, -0.15) is 0 Å². The molecule has 0 bridgehead atoms. The summed E-state index contributed by atoms with van der Waals surface area (Å²) in [6, 6.07) is 0. The van der Waals surface area contributed by atoms with E-state index < -0.39 is 8.32 Å². The minimum absolute atomic E-state index is 0.278. The Morgan fingerprint density at radius 2 is 1.43 bits per heavy atom. The third kappa shape index (κ3) is 8.74. The summed E-state index contributed by atoms with van der Waals surface area (Å²) < 4.78 is 7.93. The molecule has 0 radical (unpaired) electrons. The molecule has 2 fully saturated rings. The molecule has 1 atom stereocenters. The van der Waals surface area contributed by atoms with E-state index in [1.165, 1.54) is 80.8 Å². The van der Waals surface area contributed by atoms with Gasteiger partial charge in [0.1, 0.15) is 0 Å². The first-order chi connectivity index (χ1) is 14.0. The Morgan fingerprint density at radius 1 is 0.867 bits per heavy atom. The molecule has 2 aliphatic rings. The molecular weight excluding hydrogens is 461 g/mol. The van der Waals surface area contributed by atoms with Crippen LogP contribution in [-0.4, -0.2) is 45.6 Å². The minimum atomic E-state index is -1.78. The highest BCUT2D eigenvalue weighted by molar-refractivity contribution is 8.19. The van der Waals surface area contributed by atoms with Crippen molar-refractivity contribution in [1.82, 2.24) is 0 Å². The zero-order valence-electron chi connectivity index (χ0n) is 20.8. The fourth-order valence-corrected chi connectivity index (χ4v) is 12.0. The monoisotopic (exact) mass is 508 g/mol. The second-order valence-corrected chi connectivity index (χ2v) is 22.3. The molecule has 2 heterocycles. The predicted octanol–water partition coefficient (Wildman–Crippen LogP) is 9.28. The van der Waals surface area contributed by atoms with E-state index in [0.29, 0.717) is 14.3 Å². The smallest absolute Gasteiger partial charge is 0.192 e. The average Bonchev–Trinajstić information content (AvgIpc) is 2.65. The van der Waals surface area contributed by atoms with Gasteiger partial charge in [0.05, 0.1) is 8.16 Å². The fraction of sp³-hybridized carbons (Fsp3) is 1.00. The van der Waals surface area contributed by atoms with Crippen LogP contribution >= 0.6 is 47.0 Å². The molecule has 2 saturated heterocycles. The first-order valence-corrected chi connectivity index (χ1v) is 19.1. The lowest BCUT2D eigenvalue weighted by molar-refractivity contribution is 0.154. The molecule has 0 aromatic carbocycles. The van der Waals surface area contributed by atoms with Crippen molar-refractivity contribution in [3.63, 3.8) is 0 Å². The third-order valence-electron chi connectivity index (χ3n) is 6.94. The largest absolute Gasteiger partial charge is 0.414 e. The van der Waals surface area contributed by atoms with Crippen molar-refractivity contribution in [3.05, 3.63) is 0 Å². The molecule has 1 nitrogen and oxygen atoms in total. The summed E-state index contributed by atoms with van der Waals surface area (Å²) in [7, 11) is -1.78. The standard InChI is InChI=1S/C24H48OS4Si/c1-8-9-10-11-14-24(28-17-13-18-29-24)20-21(25-30(6,7)22(2,3)4)19-23(5)26-15-12-16-27-23/h21H,8-20H2,1-7H3/t21-/m0/s1. The lowest BCUT2D eigenvalue weighted by Crippen LogP contribution is -2.47. The second-order valence-electron chi connectivity index (χ2n) is 10.9. The summed E-state index contributed by atoms with van der Waals surface area (Å²) in [4.78, 5) is 0. The van der Waals surface area contributed by atoms with Crippen LogP contribution in [0.3, 0.4) is 0 Å². The van der Waals surface area contributed by atoms with Crippen molar-refractivity contribution in [1.29, 1.82) is 0 Å². The molecular formula is C24H48OS4Si. The zero-order valence-corrected chi connectivity index (χ0v) is 25.1. The van der Waals surface area contributed by atoms with Crippen LogP contribution in [0.2, 0.25) is 18.1 Å². The molecule has 2 rings (SSSR count). The Morgan fingerprint density at radius 3 is 1.97 bits per heavy atom. The van der Waals surface area contributed by atoms with Gasteiger partial charge < -0.3 is 4.43 Å². The van der Waals surface area contributed by atoms with Gasteiger partial charge in [-0.15, -0.1) is 47.0 Å². The van der Waals surface area contributed by atoms with E-state index in [9.17, 15) is 0 Å². The molecule has 0 unspecified atom stereocenters. The number of unbranched alkanes of at least 4 members (excludes halogenated alkanes) is 3. The Hall–Kier alpha value is 1.58. The van der Waals surface area contributed by atoms with Crippen LogP contribution in [0.15, 0.2) is 0 Å². The topological polar surface area (TPSA) is 9.23 Å². The summed E-state index contributed by atoms with van der Waals surface area (Å²) in [6.45, 7) is 16.9. The molecule has 6 heteroatoms. The predicted molar refractivity (Wildman–Crippen MR) is 150 cm³/mol. The van der Waals surface area contributed by atoms with Gasteiger partial charge in [0.15, 0.2) is 8.32 Å². The molecule has 2 aliphatic heterocycles. The van der Waals surface area contributed by atoms with Crippen LogP contribution in [-0.2, 0) is 4.43 Å². The van der Waals surface area contributed by atoms with Gasteiger partial charge in [0, 0.05) is 6.10 Å². The van der Waals surface area contributed by atoms with E-state index in [4.69, 9.17) is 4.43 Å². The molecule has 0 aliphatic carbocycles. The zero-order chi connectivity index (χ0) is 22.3. The van der Waals surface area contributed by atoms with Gasteiger partial charge in [-0.1, -0.05) is 53.4 Å². The van der Waals surface area contributed by atoms with Gasteiger partial charge in [-0.25, -0.2) is 0 Å². The normalized spacial score (nSPS) is 23.3. The number of rotatable bonds is 11. The van der Waals surface area contributed by atoms with Crippen molar-refractivity contribution in [2.24, 2.45) is 0 Å². The van der Waals surface area contributed by atoms with Crippen LogP contribution in [0, 0.1) is 0 Å². The van der Waals surface area contributed by atoms with Crippen molar-refractivity contribution in [3.8, 4) is 0 Å². The summed E-state index contributed by atoms with van der Waals surface area (Å²) in [6.07, 6.45) is 12.5. The molecule has 0 N–H and O–H groups in total. The highest BCUT2D eigenvalue weighted by atomic mass is 32.2. The first kappa shape index (κ1) is 27.8. The number of hydrogen-bond donors (Lipinski definition) is 0. The van der Waals surface area contributed by atoms with E-state index in [-0.39, 0.29) is 5.04 Å². The molecule has 0 aromatic heterocycles. The van der Waals surface area contributed by atoms with Gasteiger partial charge in [0.25, 0.3) is 0 Å². The van der Waals surface area contributed by atoms with Gasteiger partial charge in [0.2, 0.25) is 0 Å². The van der Waals surface area contributed by atoms with Crippen LogP contribution in [0.25, 0.3) is 0 Å². The lowest BCUT2D eigenvalue weighted by atomic mass is 10.0. The average molecular weight is 509 g/mol. The van der Waals surface area contributed by atoms with Crippen LogP contribution in [0.1, 0.15) is 92.4 Å². The Balaban J connectivity index is 2.17. The number of hydrogen-bond acceptors (Lipinski definition) is 5. The maximum atomic E-state index is 7.21. The molecule has 30 heavy (non-hydrogen) atoms. The lowest BCUT2D eigenvalue weighted by Gasteiger charge is -2.46. The van der Waals surface area contributed by atoms with E-state index >= 15 is 0 Å². The van der Waals surface area contributed by atoms with Crippen LogP contribution in [0.5, 0.6) is 0 Å². The molecule has 0 spiro atoms. The molecule has 178 valence electrons. The SMILES string of the molecule is CCCCCCC1(C[C@H](CC2(C)SCCCS2)O[Si](C)(C)C(C)(C)C)SCCCS1. The second kappa shape index (κ2) is 12.3. The number of thioether (sulfide) groups is 4. The van der Waals surface area contributed by atoms with E-state index in [1.807, 2.05) is 0 Å². The van der Waals surface area contributed by atoms with E-state index in [1.54, 1.807) is 0 Å². The molecule has 0 amide bonds. The molecule has 0 aromatic rings. The Bertz CT molecular complexity index is 494. The quantitative estimate of drug-likeness (QED) is 0.202. The maximum Gasteiger partial charge on any atom is 0.192 e. The minimum Gasteiger partial charge on any atom is -0.414 e. The van der Waals surface area contributed by atoms with E-state index in [2.05, 4.69) is 94.8 Å². The van der Waals surface area contributed by atoms with Crippen molar-refractivity contribution in [2.75, 3.05) is 23.0 Å². The van der Waals surface area contributed by atoms with E-state index in [0.717, 1.165) is 0 Å². The van der Waals surface area contributed by atoms with Crippen molar-refractivity contribution >= 4 is 55.4 Å². The van der Waals surface area contributed by atoms with Gasteiger partial charge in [-0.3, -0.25) is 0 Å². The Labute approximate surface area is 206 Å². The van der Waals surface area contributed by atoms with Crippen molar-refractivity contribution < 1.29 is 4.43 Å². The highest BCUT2D eigenvalue weighted by Crippen LogP contribution is 2.53. The van der Waals surface area contributed by atoms with Crippen molar-refractivity contribution in [2.45, 2.75) is 125 Å². The maximum absolute atomic E-state index is 7.21. The summed E-state index contributed by atoms with van der Waals surface area (Å²) >= 11 is 8.95. The van der Waals surface area contributed by atoms with Gasteiger partial charge >= 0.3 is 0 Å².